The molecule has 6 heteroatoms. The minimum Gasteiger partial charge on any atom is -0.462 e. The summed E-state index contributed by atoms with van der Waals surface area (Å²) in [6, 6.07) is 0. The van der Waals surface area contributed by atoms with E-state index in [4.69, 9.17) is 14.2 Å². The fourth-order valence-electron chi connectivity index (χ4n) is 8.85. The van der Waals surface area contributed by atoms with Crippen LogP contribution in [0.25, 0.3) is 0 Å². The molecule has 0 unspecified atom stereocenters. The third kappa shape index (κ3) is 53.0. The van der Waals surface area contributed by atoms with E-state index in [1.807, 2.05) is 0 Å². The van der Waals surface area contributed by atoms with Crippen molar-refractivity contribution in [2.75, 3.05) is 13.2 Å². The van der Waals surface area contributed by atoms with Crippen LogP contribution in [-0.4, -0.2) is 37.2 Å². The van der Waals surface area contributed by atoms with Crippen LogP contribution in [0.15, 0.2) is 12.2 Å². The largest absolute Gasteiger partial charge is 0.462 e. The summed E-state index contributed by atoms with van der Waals surface area (Å²) in [4.78, 5) is 38.1. The van der Waals surface area contributed by atoms with E-state index in [0.717, 1.165) is 57.8 Å². The van der Waals surface area contributed by atoms with Gasteiger partial charge in [-0.05, 0) is 44.9 Å². The van der Waals surface area contributed by atoms with Crippen LogP contribution >= 0.6 is 0 Å². The molecule has 0 aliphatic carbocycles. The van der Waals surface area contributed by atoms with Gasteiger partial charge in [0.05, 0.1) is 0 Å². The van der Waals surface area contributed by atoms with Crippen LogP contribution < -0.4 is 0 Å². The molecule has 384 valence electrons. The highest BCUT2D eigenvalue weighted by molar-refractivity contribution is 5.71. The molecule has 0 aromatic rings. The summed E-state index contributed by atoms with van der Waals surface area (Å²) in [5.74, 6) is -0.846. The molecular formula is C59H112O6. The van der Waals surface area contributed by atoms with Gasteiger partial charge in [0.1, 0.15) is 13.2 Å². The Morgan fingerprint density at radius 1 is 0.292 bits per heavy atom. The molecule has 0 fully saturated rings. The monoisotopic (exact) mass is 917 g/mol. The van der Waals surface area contributed by atoms with E-state index in [1.165, 1.54) is 231 Å². The number of hydrogen-bond acceptors (Lipinski definition) is 6. The lowest BCUT2D eigenvalue weighted by atomic mass is 10.0. The molecule has 0 aromatic carbocycles. The van der Waals surface area contributed by atoms with Gasteiger partial charge in [0.2, 0.25) is 0 Å². The Hall–Kier alpha value is -1.85. The summed E-state index contributed by atoms with van der Waals surface area (Å²) in [7, 11) is 0. The summed E-state index contributed by atoms with van der Waals surface area (Å²) >= 11 is 0. The Morgan fingerprint density at radius 2 is 0.508 bits per heavy atom. The number of hydrogen-bond donors (Lipinski definition) is 0. The molecule has 0 bridgehead atoms. The lowest BCUT2D eigenvalue weighted by Gasteiger charge is -2.18. The fourth-order valence-corrected chi connectivity index (χ4v) is 8.85. The van der Waals surface area contributed by atoms with Gasteiger partial charge in [0, 0.05) is 19.3 Å². The van der Waals surface area contributed by atoms with Crippen molar-refractivity contribution in [3.63, 3.8) is 0 Å². The molecule has 0 saturated carbocycles. The van der Waals surface area contributed by atoms with Crippen LogP contribution in [0, 0.1) is 0 Å². The first-order valence-electron chi connectivity index (χ1n) is 29.2. The van der Waals surface area contributed by atoms with Crippen LogP contribution in [0.4, 0.5) is 0 Å². The van der Waals surface area contributed by atoms with Crippen molar-refractivity contribution in [3.05, 3.63) is 12.2 Å². The van der Waals surface area contributed by atoms with Crippen molar-refractivity contribution >= 4 is 17.9 Å². The van der Waals surface area contributed by atoms with Gasteiger partial charge in [-0.2, -0.15) is 0 Å². The molecule has 6 nitrogen and oxygen atoms in total. The Balaban J connectivity index is 4.28. The van der Waals surface area contributed by atoms with Crippen LogP contribution in [0.5, 0.6) is 0 Å². The molecular weight excluding hydrogens is 805 g/mol. The molecule has 1 atom stereocenters. The molecule has 0 spiro atoms. The zero-order chi connectivity index (χ0) is 47.2. The van der Waals surface area contributed by atoms with Crippen molar-refractivity contribution in [3.8, 4) is 0 Å². The third-order valence-electron chi connectivity index (χ3n) is 13.3. The first-order chi connectivity index (χ1) is 32.0. The molecule has 0 heterocycles. The normalized spacial score (nSPS) is 12.0. The van der Waals surface area contributed by atoms with Gasteiger partial charge in [-0.15, -0.1) is 0 Å². The van der Waals surface area contributed by atoms with Gasteiger partial charge in [0.25, 0.3) is 0 Å². The number of rotatable bonds is 54. The van der Waals surface area contributed by atoms with Gasteiger partial charge in [-0.25, -0.2) is 0 Å². The Kier molecular flexibility index (Phi) is 53.2. The number of unbranched alkanes of at least 4 members (excludes halogenated alkanes) is 41. The summed E-state index contributed by atoms with van der Waals surface area (Å²) in [6.07, 6.45) is 62.0. The maximum absolute atomic E-state index is 12.8. The lowest BCUT2D eigenvalue weighted by Crippen LogP contribution is -2.30. The van der Waals surface area contributed by atoms with E-state index >= 15 is 0 Å². The minimum absolute atomic E-state index is 0.0657. The van der Waals surface area contributed by atoms with Crippen LogP contribution in [0.2, 0.25) is 0 Å². The second kappa shape index (κ2) is 54.8. The molecule has 0 saturated heterocycles. The maximum Gasteiger partial charge on any atom is 0.306 e. The summed E-state index contributed by atoms with van der Waals surface area (Å²) < 4.78 is 16.9. The quantitative estimate of drug-likeness (QED) is 0.0262. The molecule has 0 rings (SSSR count). The number of ether oxygens (including phenoxy) is 3. The second-order valence-electron chi connectivity index (χ2n) is 19.9. The Morgan fingerprint density at radius 3 is 0.785 bits per heavy atom. The SMILES string of the molecule is CCCCCC/C=C/CCCCCCCCCC(=O)O[C@H](COC(=O)CCCCCCCCCCCCCCC)COC(=O)CCCCCCCCCCCCCCCCCCCCC. The predicted molar refractivity (Wildman–Crippen MR) is 280 cm³/mol. The fraction of sp³-hybridized carbons (Fsp3) is 0.915. The highest BCUT2D eigenvalue weighted by Gasteiger charge is 2.19. The van der Waals surface area contributed by atoms with Gasteiger partial charge >= 0.3 is 17.9 Å². The molecule has 0 aliphatic rings. The number of carbonyl (C=O) groups excluding carboxylic acids is 3. The van der Waals surface area contributed by atoms with Gasteiger partial charge in [-0.3, -0.25) is 14.4 Å². The highest BCUT2D eigenvalue weighted by atomic mass is 16.6. The van der Waals surface area contributed by atoms with Crippen molar-refractivity contribution < 1.29 is 28.6 Å². The lowest BCUT2D eigenvalue weighted by molar-refractivity contribution is -0.167. The van der Waals surface area contributed by atoms with Crippen molar-refractivity contribution in [1.29, 1.82) is 0 Å². The van der Waals surface area contributed by atoms with E-state index in [-0.39, 0.29) is 31.1 Å². The molecule has 0 N–H and O–H groups in total. The first kappa shape index (κ1) is 63.1. The predicted octanol–water partition coefficient (Wildman–Crippen LogP) is 19.3. The van der Waals surface area contributed by atoms with Crippen molar-refractivity contribution in [1.82, 2.24) is 0 Å². The maximum atomic E-state index is 12.8. The summed E-state index contributed by atoms with van der Waals surface area (Å²) in [6.45, 7) is 6.68. The minimum atomic E-state index is -0.766. The average Bonchev–Trinajstić information content (AvgIpc) is 3.30. The third-order valence-corrected chi connectivity index (χ3v) is 13.3. The molecule has 0 aliphatic heterocycles. The zero-order valence-electron chi connectivity index (χ0n) is 44.0. The molecule has 0 amide bonds. The van der Waals surface area contributed by atoms with Crippen LogP contribution in [-0.2, 0) is 28.6 Å². The molecule has 0 aromatic heterocycles. The Labute approximate surface area is 405 Å². The van der Waals surface area contributed by atoms with Gasteiger partial charge in [0.15, 0.2) is 6.10 Å². The second-order valence-corrected chi connectivity index (χ2v) is 19.9. The van der Waals surface area contributed by atoms with Crippen molar-refractivity contribution in [2.45, 2.75) is 335 Å². The van der Waals surface area contributed by atoms with Gasteiger partial charge in [-0.1, -0.05) is 277 Å². The van der Waals surface area contributed by atoms with E-state index in [1.54, 1.807) is 0 Å². The standard InChI is InChI=1S/C59H112O6/c1-4-7-10-13-16-19-22-25-27-28-29-30-32-34-37-40-43-46-49-52-58(61)64-55-56(54-63-57(60)51-48-45-42-39-36-33-24-21-18-15-12-9-6-3)65-59(62)53-50-47-44-41-38-35-31-26-23-20-17-14-11-8-5-2/h20,23,56H,4-19,21-22,24-55H2,1-3H3/b23-20+/t56-/m1/s1. The van der Waals surface area contributed by atoms with E-state index in [0.29, 0.717) is 19.3 Å². The van der Waals surface area contributed by atoms with Crippen LogP contribution in [0.3, 0.4) is 0 Å². The van der Waals surface area contributed by atoms with Gasteiger partial charge < -0.3 is 14.2 Å². The number of allylic oxidation sites excluding steroid dienone is 2. The molecule has 0 radical (unpaired) electrons. The topological polar surface area (TPSA) is 78.9 Å². The number of esters is 3. The smallest absolute Gasteiger partial charge is 0.306 e. The first-order valence-corrected chi connectivity index (χ1v) is 29.2. The number of carbonyl (C=O) groups is 3. The van der Waals surface area contributed by atoms with E-state index in [9.17, 15) is 14.4 Å². The summed E-state index contributed by atoms with van der Waals surface area (Å²) in [5, 5.41) is 0. The Bertz CT molecular complexity index is 1010. The van der Waals surface area contributed by atoms with E-state index in [2.05, 4.69) is 32.9 Å². The van der Waals surface area contributed by atoms with E-state index < -0.39 is 6.10 Å². The highest BCUT2D eigenvalue weighted by Crippen LogP contribution is 2.17. The molecule has 65 heavy (non-hydrogen) atoms. The van der Waals surface area contributed by atoms with Crippen LogP contribution in [0.1, 0.15) is 329 Å². The van der Waals surface area contributed by atoms with Crippen molar-refractivity contribution in [2.24, 2.45) is 0 Å². The summed E-state index contributed by atoms with van der Waals surface area (Å²) in [5.41, 5.74) is 0. The zero-order valence-corrected chi connectivity index (χ0v) is 44.0. The average molecular weight is 918 g/mol.